The van der Waals surface area contributed by atoms with E-state index in [-0.39, 0.29) is 0 Å². The molecule has 0 bridgehead atoms. The van der Waals surface area contributed by atoms with Gasteiger partial charge in [-0.25, -0.2) is 0 Å². The molecule has 0 amide bonds. The number of pyridine rings is 1. The average molecular weight is 351 g/mol. The first kappa shape index (κ1) is 17.7. The molecule has 0 aliphatic carbocycles. The van der Waals surface area contributed by atoms with Crippen LogP contribution in [0.2, 0.25) is 5.02 Å². The molecule has 1 unspecified atom stereocenters. The zero-order valence-corrected chi connectivity index (χ0v) is 15.2. The number of hydrogen-bond donors (Lipinski definition) is 1. The van der Waals surface area contributed by atoms with Gasteiger partial charge in [-0.1, -0.05) is 60.1 Å². The van der Waals surface area contributed by atoms with Crippen LogP contribution in [-0.2, 0) is 19.4 Å². The average Bonchev–Trinajstić information content (AvgIpc) is 2.67. The largest absolute Gasteiger partial charge is 0.306 e. The van der Waals surface area contributed by atoms with Gasteiger partial charge in [0.05, 0.1) is 0 Å². The molecule has 0 radical (unpaired) electrons. The van der Waals surface area contributed by atoms with Crippen LogP contribution in [0.25, 0.3) is 0 Å². The summed E-state index contributed by atoms with van der Waals surface area (Å²) in [6, 6.07) is 23.1. The summed E-state index contributed by atoms with van der Waals surface area (Å²) in [7, 11) is 0. The molecule has 1 atom stereocenters. The van der Waals surface area contributed by atoms with Crippen LogP contribution in [-0.4, -0.2) is 4.98 Å². The molecule has 0 spiro atoms. The molecule has 3 heteroatoms. The standard InChI is InChI=1S/C22H23ClN2/c1-17(19-7-3-2-4-8-19)25-16-18-10-13-22(23)20(15-18)11-12-21-9-5-6-14-24-21/h2-10,13-15,17,25H,11-12,16H2,1H3. The fourth-order valence-corrected chi connectivity index (χ4v) is 3.08. The first-order valence-corrected chi connectivity index (χ1v) is 9.06. The highest BCUT2D eigenvalue weighted by Gasteiger charge is 2.07. The topological polar surface area (TPSA) is 24.9 Å². The third-order valence-corrected chi connectivity index (χ3v) is 4.77. The minimum Gasteiger partial charge on any atom is -0.306 e. The zero-order chi connectivity index (χ0) is 17.5. The molecule has 2 aromatic carbocycles. The molecule has 1 N–H and O–H groups in total. The van der Waals surface area contributed by atoms with Gasteiger partial charge in [0, 0.05) is 29.5 Å². The van der Waals surface area contributed by atoms with E-state index in [9.17, 15) is 0 Å². The van der Waals surface area contributed by atoms with Crippen molar-refractivity contribution in [1.29, 1.82) is 0 Å². The van der Waals surface area contributed by atoms with Gasteiger partial charge in [-0.15, -0.1) is 0 Å². The highest BCUT2D eigenvalue weighted by molar-refractivity contribution is 6.31. The molecule has 1 heterocycles. The summed E-state index contributed by atoms with van der Waals surface area (Å²) in [5.74, 6) is 0. The van der Waals surface area contributed by atoms with Crippen LogP contribution in [0.5, 0.6) is 0 Å². The monoisotopic (exact) mass is 350 g/mol. The quantitative estimate of drug-likeness (QED) is 0.619. The minimum absolute atomic E-state index is 0.314. The predicted molar refractivity (Wildman–Crippen MR) is 105 cm³/mol. The molecular formula is C22H23ClN2. The molecule has 0 aliphatic rings. The molecule has 25 heavy (non-hydrogen) atoms. The maximum absolute atomic E-state index is 6.38. The van der Waals surface area contributed by atoms with E-state index in [0.29, 0.717) is 6.04 Å². The predicted octanol–water partition coefficient (Wildman–Crippen LogP) is 5.37. The fourth-order valence-electron chi connectivity index (χ4n) is 2.87. The SMILES string of the molecule is CC(NCc1ccc(Cl)c(CCc2ccccn2)c1)c1ccccc1. The van der Waals surface area contributed by atoms with E-state index < -0.39 is 0 Å². The Morgan fingerprint density at radius 1 is 0.960 bits per heavy atom. The van der Waals surface area contributed by atoms with E-state index in [4.69, 9.17) is 11.6 Å². The maximum Gasteiger partial charge on any atom is 0.0438 e. The number of hydrogen-bond acceptors (Lipinski definition) is 2. The molecule has 0 aliphatic heterocycles. The Hall–Kier alpha value is -2.16. The van der Waals surface area contributed by atoms with Gasteiger partial charge in [-0.3, -0.25) is 4.98 Å². The van der Waals surface area contributed by atoms with Crippen molar-refractivity contribution in [3.63, 3.8) is 0 Å². The Morgan fingerprint density at radius 2 is 1.76 bits per heavy atom. The molecule has 2 nitrogen and oxygen atoms in total. The highest BCUT2D eigenvalue weighted by atomic mass is 35.5. The lowest BCUT2D eigenvalue weighted by Gasteiger charge is -2.15. The van der Waals surface area contributed by atoms with Crippen molar-refractivity contribution in [1.82, 2.24) is 10.3 Å². The summed E-state index contributed by atoms with van der Waals surface area (Å²) >= 11 is 6.38. The molecule has 0 saturated carbocycles. The number of aromatic nitrogens is 1. The van der Waals surface area contributed by atoms with Gasteiger partial charge in [-0.2, -0.15) is 0 Å². The van der Waals surface area contributed by atoms with E-state index in [1.54, 1.807) is 0 Å². The molecule has 1 aromatic heterocycles. The van der Waals surface area contributed by atoms with Crippen molar-refractivity contribution >= 4 is 11.6 Å². The first-order valence-electron chi connectivity index (χ1n) is 8.68. The third-order valence-electron chi connectivity index (χ3n) is 4.40. The summed E-state index contributed by atoms with van der Waals surface area (Å²) in [5, 5.41) is 4.41. The van der Waals surface area contributed by atoms with Crippen molar-refractivity contribution in [2.75, 3.05) is 0 Å². The normalized spacial score (nSPS) is 12.1. The van der Waals surface area contributed by atoms with Crippen molar-refractivity contribution in [2.24, 2.45) is 0 Å². The minimum atomic E-state index is 0.314. The van der Waals surface area contributed by atoms with Crippen molar-refractivity contribution in [3.8, 4) is 0 Å². The molecular weight excluding hydrogens is 328 g/mol. The molecule has 0 saturated heterocycles. The molecule has 0 fully saturated rings. The Bertz CT molecular complexity index is 788. The number of rotatable bonds is 7. The van der Waals surface area contributed by atoms with Crippen LogP contribution < -0.4 is 5.32 Å². The Labute approximate surface area is 154 Å². The first-order chi connectivity index (χ1) is 12.2. The number of nitrogens with zero attached hydrogens (tertiary/aromatic N) is 1. The molecule has 3 aromatic rings. The number of aryl methyl sites for hydroxylation is 2. The second kappa shape index (κ2) is 8.80. The van der Waals surface area contributed by atoms with E-state index in [1.807, 2.05) is 30.5 Å². The van der Waals surface area contributed by atoms with Crippen LogP contribution in [0.1, 0.15) is 35.3 Å². The van der Waals surface area contributed by atoms with E-state index in [2.05, 4.69) is 59.7 Å². The lowest BCUT2D eigenvalue weighted by atomic mass is 10.0. The fraction of sp³-hybridized carbons (Fsp3) is 0.227. The van der Waals surface area contributed by atoms with Crippen LogP contribution in [0, 0.1) is 0 Å². The van der Waals surface area contributed by atoms with Crippen LogP contribution in [0.15, 0.2) is 72.9 Å². The summed E-state index contributed by atoms with van der Waals surface area (Å²) in [4.78, 5) is 4.38. The van der Waals surface area contributed by atoms with Gasteiger partial charge in [0.1, 0.15) is 0 Å². The smallest absolute Gasteiger partial charge is 0.0438 e. The molecule has 128 valence electrons. The number of nitrogens with one attached hydrogen (secondary N) is 1. The maximum atomic E-state index is 6.38. The summed E-state index contributed by atoms with van der Waals surface area (Å²) < 4.78 is 0. The van der Waals surface area contributed by atoms with Crippen LogP contribution >= 0.6 is 11.6 Å². The van der Waals surface area contributed by atoms with Crippen molar-refractivity contribution in [3.05, 3.63) is 100 Å². The van der Waals surface area contributed by atoms with E-state index in [0.717, 1.165) is 30.1 Å². The van der Waals surface area contributed by atoms with E-state index in [1.165, 1.54) is 16.7 Å². The second-order valence-electron chi connectivity index (χ2n) is 6.26. The summed E-state index contributed by atoms with van der Waals surface area (Å²) in [6.07, 6.45) is 3.64. The van der Waals surface area contributed by atoms with Crippen LogP contribution in [0.4, 0.5) is 0 Å². The highest BCUT2D eigenvalue weighted by Crippen LogP contribution is 2.20. The van der Waals surface area contributed by atoms with Gasteiger partial charge < -0.3 is 5.32 Å². The second-order valence-corrected chi connectivity index (χ2v) is 6.67. The third kappa shape index (κ3) is 5.15. The zero-order valence-electron chi connectivity index (χ0n) is 14.5. The lowest BCUT2D eigenvalue weighted by Crippen LogP contribution is -2.18. The van der Waals surface area contributed by atoms with Gasteiger partial charge >= 0.3 is 0 Å². The lowest BCUT2D eigenvalue weighted by molar-refractivity contribution is 0.574. The number of benzene rings is 2. The van der Waals surface area contributed by atoms with Gasteiger partial charge in [0.15, 0.2) is 0 Å². The Balaban J connectivity index is 1.61. The van der Waals surface area contributed by atoms with Crippen LogP contribution in [0.3, 0.4) is 0 Å². The number of halogens is 1. The Kier molecular flexibility index (Phi) is 6.21. The Morgan fingerprint density at radius 3 is 2.52 bits per heavy atom. The summed E-state index contributed by atoms with van der Waals surface area (Å²) in [6.45, 7) is 3.01. The molecule has 3 rings (SSSR count). The van der Waals surface area contributed by atoms with Crippen molar-refractivity contribution < 1.29 is 0 Å². The van der Waals surface area contributed by atoms with Gasteiger partial charge in [-0.05, 0) is 54.7 Å². The van der Waals surface area contributed by atoms with Crippen molar-refractivity contribution in [2.45, 2.75) is 32.4 Å². The van der Waals surface area contributed by atoms with E-state index >= 15 is 0 Å². The van der Waals surface area contributed by atoms with Gasteiger partial charge in [0.25, 0.3) is 0 Å². The summed E-state index contributed by atoms with van der Waals surface area (Å²) in [5.41, 5.74) is 4.83. The van der Waals surface area contributed by atoms with Gasteiger partial charge in [0.2, 0.25) is 0 Å².